The lowest BCUT2D eigenvalue weighted by Gasteiger charge is -2.29. The van der Waals surface area contributed by atoms with E-state index in [2.05, 4.69) is 42.1 Å². The molecule has 9 nitrogen and oxygen atoms in total. The molecule has 1 aliphatic rings. The number of tetrazole rings is 1. The van der Waals surface area contributed by atoms with E-state index in [1.807, 2.05) is 82.3 Å². The molecule has 39 heavy (non-hydrogen) atoms. The summed E-state index contributed by atoms with van der Waals surface area (Å²) in [5.41, 5.74) is 6.95. The summed E-state index contributed by atoms with van der Waals surface area (Å²) in [6, 6.07) is 17.1. The third-order valence-corrected chi connectivity index (χ3v) is 7.38. The molecule has 0 fully saturated rings. The number of nitrogens with one attached hydrogen (secondary N) is 2. The van der Waals surface area contributed by atoms with E-state index in [1.54, 1.807) is 11.8 Å². The number of ether oxygens (including phenoxy) is 2. The first kappa shape index (κ1) is 26.4. The number of methoxy groups -OCH3 is 1. The summed E-state index contributed by atoms with van der Waals surface area (Å²) in [5.74, 6) is 1.27. The Balaban J connectivity index is 1.52. The van der Waals surface area contributed by atoms with Gasteiger partial charge in [0.05, 0.1) is 17.2 Å². The van der Waals surface area contributed by atoms with Gasteiger partial charge in [-0.3, -0.25) is 4.79 Å². The van der Waals surface area contributed by atoms with Gasteiger partial charge in [0.25, 0.3) is 5.91 Å². The van der Waals surface area contributed by atoms with Crippen molar-refractivity contribution < 1.29 is 14.3 Å². The second-order valence-corrected chi connectivity index (χ2v) is 10.4. The van der Waals surface area contributed by atoms with Gasteiger partial charge in [-0.1, -0.05) is 47.1 Å². The van der Waals surface area contributed by atoms with Crippen LogP contribution in [0.25, 0.3) is 0 Å². The van der Waals surface area contributed by atoms with Crippen LogP contribution in [-0.2, 0) is 11.4 Å². The molecule has 1 atom stereocenters. The van der Waals surface area contributed by atoms with Gasteiger partial charge >= 0.3 is 0 Å². The summed E-state index contributed by atoms with van der Waals surface area (Å²) in [4.78, 5) is 13.8. The van der Waals surface area contributed by atoms with E-state index < -0.39 is 6.04 Å². The Kier molecular flexibility index (Phi) is 7.38. The molecule has 1 amide bonds. The summed E-state index contributed by atoms with van der Waals surface area (Å²) < 4.78 is 14.2. The number of amides is 1. The fraction of sp³-hybridized carbons (Fsp3) is 0.241. The molecule has 5 rings (SSSR count). The molecule has 0 aliphatic carbocycles. The van der Waals surface area contributed by atoms with Crippen LogP contribution < -0.4 is 20.1 Å². The predicted octanol–water partition coefficient (Wildman–Crippen LogP) is 5.88. The zero-order valence-corrected chi connectivity index (χ0v) is 24.0. The highest BCUT2D eigenvalue weighted by molar-refractivity contribution is 9.10. The average molecular weight is 589 g/mol. The van der Waals surface area contributed by atoms with Crippen molar-refractivity contribution in [3.05, 3.63) is 98.2 Å². The van der Waals surface area contributed by atoms with Crippen molar-refractivity contribution in [2.75, 3.05) is 17.7 Å². The van der Waals surface area contributed by atoms with E-state index in [9.17, 15) is 4.79 Å². The fourth-order valence-corrected chi connectivity index (χ4v) is 5.29. The van der Waals surface area contributed by atoms with Gasteiger partial charge in [-0.05, 0) is 94.5 Å². The van der Waals surface area contributed by atoms with E-state index >= 15 is 0 Å². The maximum atomic E-state index is 13.8. The van der Waals surface area contributed by atoms with E-state index in [-0.39, 0.29) is 5.91 Å². The van der Waals surface area contributed by atoms with Crippen LogP contribution in [0.15, 0.2) is 70.3 Å². The standard InChI is InChI=1S/C29H29BrN6O3/c1-16-10-11-23(18(3)12-16)32-28(37)25-19(4)31-29-33-34-35-36(29)26(25)21-13-22(30)27(24(14-21)38-5)39-15-20-9-7-6-8-17(20)2/h6-14,26H,15H2,1-5H3,(H,32,37)(H,31,33,35). The lowest BCUT2D eigenvalue weighted by molar-refractivity contribution is -0.113. The smallest absolute Gasteiger partial charge is 0.255 e. The first-order valence-electron chi connectivity index (χ1n) is 12.5. The number of anilines is 2. The molecule has 1 aliphatic heterocycles. The van der Waals surface area contributed by atoms with Crippen molar-refractivity contribution in [2.24, 2.45) is 0 Å². The van der Waals surface area contributed by atoms with Crippen molar-refractivity contribution in [2.45, 2.75) is 40.3 Å². The highest BCUT2D eigenvalue weighted by atomic mass is 79.9. The number of aryl methyl sites for hydroxylation is 3. The molecule has 0 bridgehead atoms. The third-order valence-electron chi connectivity index (χ3n) is 6.79. The van der Waals surface area contributed by atoms with Crippen molar-refractivity contribution in [1.29, 1.82) is 0 Å². The zero-order valence-electron chi connectivity index (χ0n) is 22.4. The molecule has 0 saturated heterocycles. The SMILES string of the molecule is COc1cc(C2C(C(=O)Nc3ccc(C)cc3C)=C(C)Nc3nnnn32)cc(Br)c1OCc1ccccc1C. The quantitative estimate of drug-likeness (QED) is 0.278. The van der Waals surface area contributed by atoms with Crippen LogP contribution in [0.4, 0.5) is 11.6 Å². The zero-order chi connectivity index (χ0) is 27.7. The van der Waals surface area contributed by atoms with Crippen molar-refractivity contribution >= 4 is 33.5 Å². The molecule has 0 radical (unpaired) electrons. The number of benzene rings is 3. The Hall–Kier alpha value is -4.18. The second kappa shape index (κ2) is 10.9. The predicted molar refractivity (Wildman–Crippen MR) is 153 cm³/mol. The molecular weight excluding hydrogens is 560 g/mol. The van der Waals surface area contributed by atoms with Gasteiger partial charge in [0.1, 0.15) is 12.6 Å². The van der Waals surface area contributed by atoms with Crippen LogP contribution >= 0.6 is 15.9 Å². The third kappa shape index (κ3) is 5.24. The van der Waals surface area contributed by atoms with E-state index in [1.165, 1.54) is 0 Å². The number of carbonyl (C=O) groups excluding carboxylic acids is 1. The highest BCUT2D eigenvalue weighted by Crippen LogP contribution is 2.43. The number of hydrogen-bond acceptors (Lipinski definition) is 7. The van der Waals surface area contributed by atoms with Gasteiger partial charge in [-0.25, -0.2) is 0 Å². The molecular formula is C29H29BrN6O3. The molecule has 10 heteroatoms. The van der Waals surface area contributed by atoms with Crippen LogP contribution in [0.2, 0.25) is 0 Å². The van der Waals surface area contributed by atoms with Gasteiger partial charge in [0.15, 0.2) is 11.5 Å². The average Bonchev–Trinajstić information content (AvgIpc) is 3.37. The van der Waals surface area contributed by atoms with Gasteiger partial charge in [-0.15, -0.1) is 0 Å². The number of halogens is 1. The molecule has 2 heterocycles. The van der Waals surface area contributed by atoms with E-state index in [0.29, 0.717) is 39.8 Å². The first-order chi connectivity index (χ1) is 18.8. The molecule has 1 unspecified atom stereocenters. The minimum atomic E-state index is -0.613. The molecule has 1 aromatic heterocycles. The molecule has 0 spiro atoms. The van der Waals surface area contributed by atoms with Gasteiger partial charge in [0, 0.05) is 11.4 Å². The number of nitrogens with zero attached hydrogens (tertiary/aromatic N) is 4. The Bertz CT molecular complexity index is 1600. The van der Waals surface area contributed by atoms with Crippen molar-refractivity contribution in [3.8, 4) is 11.5 Å². The van der Waals surface area contributed by atoms with E-state index in [0.717, 1.165) is 33.5 Å². The minimum Gasteiger partial charge on any atom is -0.493 e. The van der Waals surface area contributed by atoms with Gasteiger partial charge in [0.2, 0.25) is 5.95 Å². The van der Waals surface area contributed by atoms with Crippen molar-refractivity contribution in [3.63, 3.8) is 0 Å². The molecule has 200 valence electrons. The Morgan fingerprint density at radius 1 is 1.08 bits per heavy atom. The number of fused-ring (bicyclic) bond motifs is 1. The summed E-state index contributed by atoms with van der Waals surface area (Å²) in [6.07, 6.45) is 0. The summed E-state index contributed by atoms with van der Waals surface area (Å²) >= 11 is 3.67. The topological polar surface area (TPSA) is 103 Å². The number of rotatable bonds is 7. The largest absolute Gasteiger partial charge is 0.493 e. The van der Waals surface area contributed by atoms with Crippen LogP contribution in [0.1, 0.15) is 40.8 Å². The molecule has 3 aromatic carbocycles. The van der Waals surface area contributed by atoms with Crippen LogP contribution in [0.3, 0.4) is 0 Å². The summed E-state index contributed by atoms with van der Waals surface area (Å²) in [5, 5.41) is 18.4. The van der Waals surface area contributed by atoms with Crippen LogP contribution in [0, 0.1) is 20.8 Å². The second-order valence-electron chi connectivity index (χ2n) is 9.54. The highest BCUT2D eigenvalue weighted by Gasteiger charge is 2.35. The Morgan fingerprint density at radius 2 is 1.87 bits per heavy atom. The Labute approximate surface area is 235 Å². The fourth-order valence-electron chi connectivity index (χ4n) is 4.72. The lowest BCUT2D eigenvalue weighted by Crippen LogP contribution is -2.31. The first-order valence-corrected chi connectivity index (χ1v) is 13.2. The number of allylic oxidation sites excluding steroid dienone is 1. The summed E-state index contributed by atoms with van der Waals surface area (Å²) in [7, 11) is 1.59. The van der Waals surface area contributed by atoms with E-state index in [4.69, 9.17) is 9.47 Å². The van der Waals surface area contributed by atoms with Gasteiger partial charge < -0.3 is 20.1 Å². The number of hydrogen-bond donors (Lipinski definition) is 2. The Morgan fingerprint density at radius 3 is 2.62 bits per heavy atom. The maximum Gasteiger partial charge on any atom is 0.255 e. The van der Waals surface area contributed by atoms with Crippen molar-refractivity contribution in [1.82, 2.24) is 20.2 Å². The molecule has 2 N–H and O–H groups in total. The minimum absolute atomic E-state index is 0.256. The normalized spacial score (nSPS) is 14.5. The number of carbonyl (C=O) groups is 1. The molecule has 0 saturated carbocycles. The monoisotopic (exact) mass is 588 g/mol. The van der Waals surface area contributed by atoms with Gasteiger partial charge in [-0.2, -0.15) is 4.68 Å². The maximum absolute atomic E-state index is 13.8. The summed E-state index contributed by atoms with van der Waals surface area (Å²) in [6.45, 7) is 8.26. The van der Waals surface area contributed by atoms with Crippen LogP contribution in [0.5, 0.6) is 11.5 Å². The lowest BCUT2D eigenvalue weighted by atomic mass is 9.94. The number of aromatic nitrogens is 4. The molecule has 4 aromatic rings. The van der Waals surface area contributed by atoms with Crippen LogP contribution in [-0.4, -0.2) is 33.2 Å².